The first kappa shape index (κ1) is 12.6. The lowest BCUT2D eigenvalue weighted by Gasteiger charge is -2.05. The number of hydrogen-bond donors (Lipinski definition) is 2. The quantitative estimate of drug-likeness (QED) is 0.674. The van der Waals surface area contributed by atoms with Crippen molar-refractivity contribution in [2.45, 2.75) is 0 Å². The van der Waals surface area contributed by atoms with Crippen molar-refractivity contribution in [3.8, 4) is 5.75 Å². The molecule has 0 spiro atoms. The van der Waals surface area contributed by atoms with Crippen LogP contribution in [0.15, 0.2) is 54.7 Å². The second-order valence-corrected chi connectivity index (χ2v) is 5.13. The van der Waals surface area contributed by atoms with E-state index < -0.39 is 0 Å². The number of aromatic nitrogens is 1. The number of anilines is 1. The van der Waals surface area contributed by atoms with Gasteiger partial charge in [0.05, 0.1) is 0 Å². The van der Waals surface area contributed by atoms with E-state index in [0.717, 1.165) is 22.2 Å². The predicted octanol–water partition coefficient (Wildman–Crippen LogP) is 3.43. The van der Waals surface area contributed by atoms with E-state index >= 15 is 0 Å². The van der Waals surface area contributed by atoms with Gasteiger partial charge in [-0.1, -0.05) is 30.3 Å². The Kier molecular flexibility index (Phi) is 2.69. The molecule has 3 aromatic rings. The highest BCUT2D eigenvalue weighted by Gasteiger charge is 2.23. The third-order valence-corrected chi connectivity index (χ3v) is 3.79. The van der Waals surface area contributed by atoms with Crippen LogP contribution in [0.4, 0.5) is 5.69 Å². The molecule has 2 heterocycles. The van der Waals surface area contributed by atoms with Crippen molar-refractivity contribution in [1.82, 2.24) is 4.98 Å². The van der Waals surface area contributed by atoms with Gasteiger partial charge in [-0.15, -0.1) is 0 Å². The Labute approximate surface area is 126 Å². The molecule has 0 unspecified atom stereocenters. The molecule has 0 radical (unpaired) electrons. The number of phenols is 1. The van der Waals surface area contributed by atoms with Gasteiger partial charge in [0.1, 0.15) is 11.3 Å². The number of nitrogens with zero attached hydrogens (tertiary/aromatic N) is 1. The third kappa shape index (κ3) is 1.85. The fourth-order valence-electron chi connectivity index (χ4n) is 2.74. The van der Waals surface area contributed by atoms with E-state index in [1.54, 1.807) is 18.3 Å². The summed E-state index contributed by atoms with van der Waals surface area (Å²) in [6.07, 6.45) is 3.47. The van der Waals surface area contributed by atoms with E-state index in [-0.39, 0.29) is 11.7 Å². The van der Waals surface area contributed by atoms with Gasteiger partial charge in [0.15, 0.2) is 0 Å². The number of fused-ring (bicyclic) bond motifs is 2. The van der Waals surface area contributed by atoms with Gasteiger partial charge in [-0.3, -0.25) is 9.78 Å². The van der Waals surface area contributed by atoms with Crippen molar-refractivity contribution < 1.29 is 9.90 Å². The maximum atomic E-state index is 12.2. The zero-order valence-electron chi connectivity index (χ0n) is 11.6. The van der Waals surface area contributed by atoms with Crippen molar-refractivity contribution in [2.75, 3.05) is 5.32 Å². The number of pyridine rings is 1. The number of rotatable bonds is 1. The average Bonchev–Trinajstić information content (AvgIpc) is 2.86. The molecule has 1 aromatic heterocycles. The van der Waals surface area contributed by atoms with Crippen molar-refractivity contribution in [1.29, 1.82) is 0 Å². The molecule has 1 aliphatic rings. The zero-order valence-corrected chi connectivity index (χ0v) is 11.6. The Balaban J connectivity index is 1.94. The van der Waals surface area contributed by atoms with Crippen molar-refractivity contribution in [3.63, 3.8) is 0 Å². The Hall–Kier alpha value is -3.14. The number of nitrogens with one attached hydrogen (secondary N) is 1. The first-order valence-electron chi connectivity index (χ1n) is 6.93. The molecule has 0 atom stereocenters. The van der Waals surface area contributed by atoms with Gasteiger partial charge in [-0.25, -0.2) is 0 Å². The fraction of sp³-hybridized carbons (Fsp3) is 0. The molecule has 1 amide bonds. The topological polar surface area (TPSA) is 62.2 Å². The second kappa shape index (κ2) is 4.70. The molecule has 2 N–H and O–H groups in total. The molecule has 4 heteroatoms. The lowest BCUT2D eigenvalue weighted by Crippen LogP contribution is -2.03. The minimum atomic E-state index is -0.119. The Bertz CT molecular complexity index is 945. The summed E-state index contributed by atoms with van der Waals surface area (Å²) in [6, 6.07) is 14.7. The summed E-state index contributed by atoms with van der Waals surface area (Å²) in [7, 11) is 0. The van der Waals surface area contributed by atoms with Crippen LogP contribution >= 0.6 is 0 Å². The number of amides is 1. The van der Waals surface area contributed by atoms with Crippen LogP contribution in [0, 0.1) is 0 Å². The van der Waals surface area contributed by atoms with Gasteiger partial charge >= 0.3 is 0 Å². The first-order chi connectivity index (χ1) is 10.7. The number of aromatic hydroxyl groups is 1. The molecule has 106 valence electrons. The first-order valence-corrected chi connectivity index (χ1v) is 6.93. The standard InChI is InChI=1S/C18H12N2O2/c21-16-8-7-11(12-5-3-9-19-17(12)16)10-14-13-4-1-2-6-15(13)20-18(14)22/h1-10,21H,(H,20,22)/b14-10+. The van der Waals surface area contributed by atoms with Crippen LogP contribution in [0.5, 0.6) is 5.75 Å². The second-order valence-electron chi connectivity index (χ2n) is 5.13. The Morgan fingerprint density at radius 2 is 1.91 bits per heavy atom. The highest BCUT2D eigenvalue weighted by Crippen LogP contribution is 2.34. The molecule has 0 bridgehead atoms. The molecule has 1 aliphatic heterocycles. The lowest BCUT2D eigenvalue weighted by atomic mass is 10.0. The van der Waals surface area contributed by atoms with Crippen molar-refractivity contribution >= 4 is 34.1 Å². The van der Waals surface area contributed by atoms with Crippen LogP contribution < -0.4 is 5.32 Å². The van der Waals surface area contributed by atoms with Gasteiger partial charge in [0.2, 0.25) is 0 Å². The fourth-order valence-corrected chi connectivity index (χ4v) is 2.74. The van der Waals surface area contributed by atoms with E-state index in [4.69, 9.17) is 0 Å². The molecule has 0 saturated heterocycles. The molecular formula is C18H12N2O2. The summed E-state index contributed by atoms with van der Waals surface area (Å²) in [5.74, 6) is 0.0142. The molecule has 2 aromatic carbocycles. The van der Waals surface area contributed by atoms with Gasteiger partial charge in [0.25, 0.3) is 5.91 Å². The molecule has 0 saturated carbocycles. The predicted molar refractivity (Wildman–Crippen MR) is 86.4 cm³/mol. The number of carbonyl (C=O) groups excluding carboxylic acids is 1. The number of hydrogen-bond acceptors (Lipinski definition) is 3. The van der Waals surface area contributed by atoms with Crippen LogP contribution in [0.25, 0.3) is 22.6 Å². The van der Waals surface area contributed by atoms with Gasteiger partial charge in [0, 0.05) is 28.4 Å². The SMILES string of the molecule is O=C1Nc2ccccc2/C1=C\c1ccc(O)c2ncccc12. The van der Waals surface area contributed by atoms with E-state index in [2.05, 4.69) is 10.3 Å². The largest absolute Gasteiger partial charge is 0.506 e. The van der Waals surface area contributed by atoms with E-state index in [1.165, 1.54) is 0 Å². The number of benzene rings is 2. The minimum absolute atomic E-state index is 0.119. The van der Waals surface area contributed by atoms with Crippen LogP contribution in [0.3, 0.4) is 0 Å². The minimum Gasteiger partial charge on any atom is -0.506 e. The van der Waals surface area contributed by atoms with Gasteiger partial charge < -0.3 is 10.4 Å². The normalized spacial score (nSPS) is 15.1. The maximum absolute atomic E-state index is 12.2. The zero-order chi connectivity index (χ0) is 15.1. The number of carbonyl (C=O) groups is 1. The molecule has 0 fully saturated rings. The number of para-hydroxylation sites is 1. The Morgan fingerprint density at radius 1 is 1.05 bits per heavy atom. The van der Waals surface area contributed by atoms with Crippen LogP contribution in [-0.4, -0.2) is 16.0 Å². The number of phenolic OH excluding ortho intramolecular Hbond substituents is 1. The van der Waals surface area contributed by atoms with E-state index in [9.17, 15) is 9.90 Å². The molecule has 4 rings (SSSR count). The van der Waals surface area contributed by atoms with Crippen LogP contribution in [-0.2, 0) is 4.79 Å². The summed E-state index contributed by atoms with van der Waals surface area (Å²) in [6.45, 7) is 0. The lowest BCUT2D eigenvalue weighted by molar-refractivity contribution is -0.110. The van der Waals surface area contributed by atoms with Crippen LogP contribution in [0.1, 0.15) is 11.1 Å². The summed E-state index contributed by atoms with van der Waals surface area (Å²) >= 11 is 0. The molecule has 4 nitrogen and oxygen atoms in total. The maximum Gasteiger partial charge on any atom is 0.256 e. The van der Waals surface area contributed by atoms with Crippen LogP contribution in [0.2, 0.25) is 0 Å². The summed E-state index contributed by atoms with van der Waals surface area (Å²) in [5.41, 5.74) is 3.70. The smallest absolute Gasteiger partial charge is 0.256 e. The summed E-state index contributed by atoms with van der Waals surface area (Å²) < 4.78 is 0. The summed E-state index contributed by atoms with van der Waals surface area (Å²) in [5, 5.41) is 13.6. The van der Waals surface area contributed by atoms with Gasteiger partial charge in [-0.05, 0) is 29.8 Å². The molecular weight excluding hydrogens is 276 g/mol. The van der Waals surface area contributed by atoms with Crippen molar-refractivity contribution in [2.24, 2.45) is 0 Å². The van der Waals surface area contributed by atoms with Gasteiger partial charge in [-0.2, -0.15) is 0 Å². The third-order valence-electron chi connectivity index (χ3n) is 3.79. The summed E-state index contributed by atoms with van der Waals surface area (Å²) in [4.78, 5) is 16.4. The highest BCUT2D eigenvalue weighted by atomic mass is 16.3. The molecule has 0 aliphatic carbocycles. The molecule has 22 heavy (non-hydrogen) atoms. The monoisotopic (exact) mass is 288 g/mol. The van der Waals surface area contributed by atoms with E-state index in [0.29, 0.717) is 11.1 Å². The van der Waals surface area contributed by atoms with E-state index in [1.807, 2.05) is 42.5 Å². The van der Waals surface area contributed by atoms with Crippen molar-refractivity contribution in [3.05, 3.63) is 65.9 Å². The Morgan fingerprint density at radius 3 is 2.82 bits per heavy atom. The average molecular weight is 288 g/mol. The highest BCUT2D eigenvalue weighted by molar-refractivity contribution is 6.35.